The third-order valence-electron chi connectivity index (χ3n) is 4.84. The summed E-state index contributed by atoms with van der Waals surface area (Å²) in [6.07, 6.45) is 3.03. The van der Waals surface area contributed by atoms with Gasteiger partial charge in [-0.1, -0.05) is 6.42 Å². The molecular weight excluding hydrogens is 269 g/mol. The van der Waals surface area contributed by atoms with E-state index in [4.69, 9.17) is 5.73 Å². The van der Waals surface area contributed by atoms with E-state index in [2.05, 4.69) is 0 Å². The molecule has 0 bridgehead atoms. The second kappa shape index (κ2) is 5.64. The zero-order chi connectivity index (χ0) is 15.0. The molecule has 2 atom stereocenters. The number of likely N-dealkylation sites (N-methyl/N-ethyl adjacent to an activating group) is 1. The van der Waals surface area contributed by atoms with E-state index in [0.29, 0.717) is 19.0 Å². The molecule has 21 heavy (non-hydrogen) atoms. The van der Waals surface area contributed by atoms with Crippen LogP contribution in [-0.2, 0) is 4.79 Å². The number of hydrogen-bond acceptors (Lipinski definition) is 3. The van der Waals surface area contributed by atoms with E-state index >= 15 is 0 Å². The van der Waals surface area contributed by atoms with Crippen LogP contribution in [0.3, 0.4) is 0 Å². The molecule has 0 saturated heterocycles. The van der Waals surface area contributed by atoms with Crippen molar-refractivity contribution in [2.45, 2.75) is 19.3 Å². The summed E-state index contributed by atoms with van der Waals surface area (Å²) in [7, 11) is 1.93. The topological polar surface area (TPSA) is 49.6 Å². The molecule has 1 fully saturated rings. The molecule has 1 amide bonds. The van der Waals surface area contributed by atoms with E-state index in [0.717, 1.165) is 37.2 Å². The van der Waals surface area contributed by atoms with Crippen LogP contribution in [-0.4, -0.2) is 32.6 Å². The van der Waals surface area contributed by atoms with Gasteiger partial charge in [0.15, 0.2) is 0 Å². The molecule has 2 aliphatic rings. The van der Waals surface area contributed by atoms with Crippen LogP contribution < -0.4 is 15.5 Å². The quantitative estimate of drug-likeness (QED) is 0.906. The minimum Gasteiger partial charge on any atom is -0.371 e. The molecule has 2 N–H and O–H groups in total. The van der Waals surface area contributed by atoms with Gasteiger partial charge >= 0.3 is 0 Å². The Balaban J connectivity index is 1.90. The van der Waals surface area contributed by atoms with Crippen LogP contribution in [0.15, 0.2) is 18.2 Å². The van der Waals surface area contributed by atoms with Gasteiger partial charge < -0.3 is 15.5 Å². The fourth-order valence-electron chi connectivity index (χ4n) is 3.59. The maximum Gasteiger partial charge on any atom is 0.230 e. The molecule has 114 valence electrons. The third kappa shape index (κ3) is 2.50. The number of halogens is 1. The maximum absolute atomic E-state index is 13.5. The number of nitrogens with two attached hydrogens (primary N) is 1. The van der Waals surface area contributed by atoms with Gasteiger partial charge in [-0.3, -0.25) is 4.79 Å². The summed E-state index contributed by atoms with van der Waals surface area (Å²) in [5.41, 5.74) is 7.41. The van der Waals surface area contributed by atoms with Gasteiger partial charge in [-0.25, -0.2) is 4.39 Å². The number of carbonyl (C=O) groups is 1. The van der Waals surface area contributed by atoms with E-state index in [-0.39, 0.29) is 17.6 Å². The highest BCUT2D eigenvalue weighted by Gasteiger charge is 2.37. The number of hydrogen-bond donors (Lipinski definition) is 1. The Morgan fingerprint density at radius 1 is 1.33 bits per heavy atom. The number of nitrogens with zero attached hydrogens (tertiary/aromatic N) is 2. The second-order valence-electron chi connectivity index (χ2n) is 6.08. The molecule has 0 spiro atoms. The summed E-state index contributed by atoms with van der Waals surface area (Å²) >= 11 is 0. The molecule has 1 aromatic carbocycles. The van der Waals surface area contributed by atoms with Crippen molar-refractivity contribution in [2.75, 3.05) is 36.5 Å². The first-order chi connectivity index (χ1) is 10.1. The molecule has 0 radical (unpaired) electrons. The van der Waals surface area contributed by atoms with Crippen LogP contribution in [0.5, 0.6) is 0 Å². The van der Waals surface area contributed by atoms with Gasteiger partial charge in [0, 0.05) is 26.1 Å². The minimum atomic E-state index is -0.268. The lowest BCUT2D eigenvalue weighted by Crippen LogP contribution is -2.46. The van der Waals surface area contributed by atoms with Crippen molar-refractivity contribution >= 4 is 17.3 Å². The molecule has 1 aliphatic carbocycles. The van der Waals surface area contributed by atoms with Gasteiger partial charge in [0.1, 0.15) is 5.82 Å². The fraction of sp³-hybridized carbons (Fsp3) is 0.562. The number of benzene rings is 1. The summed E-state index contributed by atoms with van der Waals surface area (Å²) in [6, 6.07) is 4.64. The highest BCUT2D eigenvalue weighted by Crippen LogP contribution is 2.38. The SMILES string of the molecule is CN1CCN(C(=O)[C@@H]2CCC[C@@H]2CN)c2ccc(F)cc21. The van der Waals surface area contributed by atoms with Crippen LogP contribution in [0.4, 0.5) is 15.8 Å². The molecule has 4 nitrogen and oxygen atoms in total. The Morgan fingerprint density at radius 3 is 2.90 bits per heavy atom. The zero-order valence-electron chi connectivity index (χ0n) is 12.4. The van der Waals surface area contributed by atoms with E-state index in [1.165, 1.54) is 12.1 Å². The van der Waals surface area contributed by atoms with Crippen LogP contribution in [0.25, 0.3) is 0 Å². The van der Waals surface area contributed by atoms with Gasteiger partial charge in [-0.05, 0) is 43.5 Å². The van der Waals surface area contributed by atoms with Gasteiger partial charge in [0.25, 0.3) is 0 Å². The fourth-order valence-corrected chi connectivity index (χ4v) is 3.59. The molecule has 1 heterocycles. The summed E-state index contributed by atoms with van der Waals surface area (Å²) < 4.78 is 13.5. The molecule has 1 saturated carbocycles. The van der Waals surface area contributed by atoms with Crippen LogP contribution >= 0.6 is 0 Å². The first-order valence-corrected chi connectivity index (χ1v) is 7.64. The molecule has 1 aromatic rings. The smallest absolute Gasteiger partial charge is 0.230 e. The van der Waals surface area contributed by atoms with Gasteiger partial charge in [0.05, 0.1) is 11.4 Å². The van der Waals surface area contributed by atoms with Crippen molar-refractivity contribution < 1.29 is 9.18 Å². The summed E-state index contributed by atoms with van der Waals surface area (Å²) in [4.78, 5) is 16.7. The van der Waals surface area contributed by atoms with E-state index in [1.807, 2.05) is 16.8 Å². The standard InChI is InChI=1S/C16H22FN3O/c1-19-7-8-20(14-6-5-12(17)9-15(14)19)16(21)13-4-2-3-11(13)10-18/h5-6,9,11,13H,2-4,7-8,10,18H2,1H3/t11-,13-/m1/s1. The van der Waals surface area contributed by atoms with Crippen molar-refractivity contribution in [3.05, 3.63) is 24.0 Å². The lowest BCUT2D eigenvalue weighted by molar-refractivity contribution is -0.123. The number of amides is 1. The van der Waals surface area contributed by atoms with Crippen LogP contribution in [0, 0.1) is 17.7 Å². The Hall–Kier alpha value is -1.62. The third-order valence-corrected chi connectivity index (χ3v) is 4.84. The first-order valence-electron chi connectivity index (χ1n) is 7.64. The van der Waals surface area contributed by atoms with Gasteiger partial charge in [-0.2, -0.15) is 0 Å². The second-order valence-corrected chi connectivity index (χ2v) is 6.08. The average Bonchev–Trinajstić information content (AvgIpc) is 2.96. The average molecular weight is 291 g/mol. The van der Waals surface area contributed by atoms with E-state index in [9.17, 15) is 9.18 Å². The highest BCUT2D eigenvalue weighted by atomic mass is 19.1. The predicted octanol–water partition coefficient (Wildman–Crippen LogP) is 1.98. The Bertz CT molecular complexity index is 548. The number of carbonyl (C=O) groups excluding carboxylic acids is 1. The number of rotatable bonds is 2. The summed E-state index contributed by atoms with van der Waals surface area (Å²) in [5.74, 6) is 0.205. The Kier molecular flexibility index (Phi) is 3.85. The summed E-state index contributed by atoms with van der Waals surface area (Å²) in [6.45, 7) is 1.95. The van der Waals surface area contributed by atoms with Crippen molar-refractivity contribution in [2.24, 2.45) is 17.6 Å². The zero-order valence-corrected chi connectivity index (χ0v) is 12.4. The summed E-state index contributed by atoms with van der Waals surface area (Å²) in [5, 5.41) is 0. The predicted molar refractivity (Wildman–Crippen MR) is 81.9 cm³/mol. The molecule has 1 aliphatic heterocycles. The first kappa shape index (κ1) is 14.3. The largest absolute Gasteiger partial charge is 0.371 e. The van der Waals surface area contributed by atoms with Crippen molar-refractivity contribution in [3.8, 4) is 0 Å². The van der Waals surface area contributed by atoms with Gasteiger partial charge in [-0.15, -0.1) is 0 Å². The monoisotopic (exact) mass is 291 g/mol. The van der Waals surface area contributed by atoms with Crippen LogP contribution in [0.2, 0.25) is 0 Å². The Morgan fingerprint density at radius 2 is 2.14 bits per heavy atom. The maximum atomic E-state index is 13.5. The van der Waals surface area contributed by atoms with Crippen LogP contribution in [0.1, 0.15) is 19.3 Å². The highest BCUT2D eigenvalue weighted by molar-refractivity contribution is 5.99. The molecule has 5 heteroatoms. The molecule has 3 rings (SSSR count). The lowest BCUT2D eigenvalue weighted by Gasteiger charge is -2.37. The Labute approximate surface area is 124 Å². The molecular formula is C16H22FN3O. The number of anilines is 2. The van der Waals surface area contributed by atoms with E-state index < -0.39 is 0 Å². The van der Waals surface area contributed by atoms with Crippen molar-refractivity contribution in [1.29, 1.82) is 0 Å². The molecule has 0 aromatic heterocycles. The lowest BCUT2D eigenvalue weighted by atomic mass is 9.94. The van der Waals surface area contributed by atoms with Gasteiger partial charge in [0.2, 0.25) is 5.91 Å². The van der Waals surface area contributed by atoms with Crippen molar-refractivity contribution in [1.82, 2.24) is 0 Å². The van der Waals surface area contributed by atoms with E-state index in [1.54, 1.807) is 6.07 Å². The van der Waals surface area contributed by atoms with Crippen molar-refractivity contribution in [3.63, 3.8) is 0 Å². The minimum absolute atomic E-state index is 0.0244. The molecule has 0 unspecified atom stereocenters. The normalized spacial score (nSPS) is 25.1. The number of fused-ring (bicyclic) bond motifs is 1.